The highest BCUT2D eigenvalue weighted by molar-refractivity contribution is 5.94. The highest BCUT2D eigenvalue weighted by Gasteiger charge is 2.27. The lowest BCUT2D eigenvalue weighted by Gasteiger charge is -2.19. The van der Waals surface area contributed by atoms with Crippen molar-refractivity contribution in [3.8, 4) is 0 Å². The molecular formula is C23H29NO2. The van der Waals surface area contributed by atoms with E-state index in [0.29, 0.717) is 12.3 Å². The van der Waals surface area contributed by atoms with Crippen LogP contribution in [0.25, 0.3) is 0 Å². The van der Waals surface area contributed by atoms with Gasteiger partial charge in [-0.3, -0.25) is 4.79 Å². The van der Waals surface area contributed by atoms with E-state index >= 15 is 0 Å². The molecule has 0 unspecified atom stereocenters. The first kappa shape index (κ1) is 18.7. The number of carbonyl (C=O) groups is 1. The van der Waals surface area contributed by atoms with Crippen molar-refractivity contribution in [2.45, 2.75) is 45.1 Å². The molecule has 3 rings (SSSR count). The lowest BCUT2D eigenvalue weighted by molar-refractivity contribution is 0.0714. The van der Waals surface area contributed by atoms with Gasteiger partial charge in [-0.05, 0) is 68.7 Å². The molecule has 1 aliphatic rings. The Kier molecular flexibility index (Phi) is 5.77. The van der Waals surface area contributed by atoms with Crippen LogP contribution in [0.5, 0.6) is 0 Å². The van der Waals surface area contributed by atoms with Crippen LogP contribution in [0, 0.1) is 5.92 Å². The van der Waals surface area contributed by atoms with Crippen molar-refractivity contribution in [2.75, 3.05) is 13.1 Å². The van der Waals surface area contributed by atoms with Crippen LogP contribution in [-0.2, 0) is 12.8 Å². The average molecular weight is 351 g/mol. The number of hydrogen-bond donors (Lipinski definition) is 1. The Labute approximate surface area is 156 Å². The molecule has 0 aliphatic carbocycles. The second kappa shape index (κ2) is 8.05. The van der Waals surface area contributed by atoms with Crippen LogP contribution in [-0.4, -0.2) is 34.6 Å². The van der Waals surface area contributed by atoms with Gasteiger partial charge in [0.25, 0.3) is 5.91 Å². The van der Waals surface area contributed by atoms with E-state index in [0.717, 1.165) is 43.5 Å². The fourth-order valence-corrected chi connectivity index (χ4v) is 3.62. The molecule has 1 heterocycles. The number of carbonyl (C=O) groups excluding carboxylic acids is 1. The van der Waals surface area contributed by atoms with Crippen LogP contribution in [0.1, 0.15) is 48.2 Å². The Balaban J connectivity index is 1.59. The van der Waals surface area contributed by atoms with E-state index in [9.17, 15) is 9.90 Å². The number of nitrogens with zero attached hydrogens (tertiary/aromatic N) is 1. The van der Waals surface area contributed by atoms with Gasteiger partial charge >= 0.3 is 0 Å². The standard InChI is InChI=1S/C23H29NO2/c1-23(2,26)13-11-19-9-6-10-21(16-19)22(25)24-14-12-20(17-24)15-18-7-4-3-5-8-18/h3-10,16,20,26H,11-15,17H2,1-2H3/t20-/m1/s1. The van der Waals surface area contributed by atoms with Gasteiger partial charge in [0.15, 0.2) is 0 Å². The smallest absolute Gasteiger partial charge is 0.253 e. The van der Waals surface area contributed by atoms with Gasteiger partial charge in [-0.2, -0.15) is 0 Å². The first-order valence-electron chi connectivity index (χ1n) is 9.55. The van der Waals surface area contributed by atoms with Gasteiger partial charge in [-0.15, -0.1) is 0 Å². The maximum atomic E-state index is 12.9. The number of rotatable bonds is 6. The van der Waals surface area contributed by atoms with E-state index in [1.807, 2.05) is 49.1 Å². The summed E-state index contributed by atoms with van der Waals surface area (Å²) in [7, 11) is 0. The van der Waals surface area contributed by atoms with Gasteiger partial charge in [-0.1, -0.05) is 42.5 Å². The number of likely N-dealkylation sites (tertiary alicyclic amines) is 1. The zero-order chi connectivity index (χ0) is 18.6. The SMILES string of the molecule is CC(C)(O)CCc1cccc(C(=O)N2CC[C@H](Cc3ccccc3)C2)c1. The molecule has 0 radical (unpaired) electrons. The molecule has 1 N–H and O–H groups in total. The summed E-state index contributed by atoms with van der Waals surface area (Å²) in [6.45, 7) is 5.31. The summed E-state index contributed by atoms with van der Waals surface area (Å²) >= 11 is 0. The van der Waals surface area contributed by atoms with E-state index in [1.54, 1.807) is 0 Å². The molecule has 0 bridgehead atoms. The molecule has 1 atom stereocenters. The van der Waals surface area contributed by atoms with Crippen LogP contribution in [0.15, 0.2) is 54.6 Å². The van der Waals surface area contributed by atoms with Crippen molar-refractivity contribution >= 4 is 5.91 Å². The molecule has 0 saturated carbocycles. The zero-order valence-corrected chi connectivity index (χ0v) is 15.8. The minimum Gasteiger partial charge on any atom is -0.390 e. The zero-order valence-electron chi connectivity index (χ0n) is 15.8. The highest BCUT2D eigenvalue weighted by atomic mass is 16.3. The minimum absolute atomic E-state index is 0.130. The summed E-state index contributed by atoms with van der Waals surface area (Å²) < 4.78 is 0. The van der Waals surface area contributed by atoms with Crippen molar-refractivity contribution in [2.24, 2.45) is 5.92 Å². The average Bonchev–Trinajstić information content (AvgIpc) is 3.08. The second-order valence-corrected chi connectivity index (χ2v) is 8.11. The van der Waals surface area contributed by atoms with E-state index in [1.165, 1.54) is 5.56 Å². The fourth-order valence-electron chi connectivity index (χ4n) is 3.62. The van der Waals surface area contributed by atoms with Gasteiger partial charge in [0.05, 0.1) is 5.60 Å². The van der Waals surface area contributed by atoms with Gasteiger partial charge in [0.2, 0.25) is 0 Å². The second-order valence-electron chi connectivity index (χ2n) is 8.11. The summed E-state index contributed by atoms with van der Waals surface area (Å²) in [6, 6.07) is 18.4. The third-order valence-electron chi connectivity index (χ3n) is 5.14. The Morgan fingerprint density at radius 1 is 1.12 bits per heavy atom. The molecule has 1 saturated heterocycles. The van der Waals surface area contributed by atoms with E-state index < -0.39 is 5.60 Å². The Morgan fingerprint density at radius 2 is 1.85 bits per heavy atom. The lowest BCUT2D eigenvalue weighted by atomic mass is 9.97. The third kappa shape index (κ3) is 5.18. The Morgan fingerprint density at radius 3 is 2.58 bits per heavy atom. The highest BCUT2D eigenvalue weighted by Crippen LogP contribution is 2.23. The first-order valence-corrected chi connectivity index (χ1v) is 9.55. The van der Waals surface area contributed by atoms with Gasteiger partial charge in [0.1, 0.15) is 0 Å². The largest absolute Gasteiger partial charge is 0.390 e. The molecule has 3 nitrogen and oxygen atoms in total. The molecule has 2 aromatic carbocycles. The summed E-state index contributed by atoms with van der Waals surface area (Å²) in [5.41, 5.74) is 2.54. The van der Waals surface area contributed by atoms with Crippen molar-refractivity contribution in [1.82, 2.24) is 4.90 Å². The van der Waals surface area contributed by atoms with Crippen molar-refractivity contribution < 1.29 is 9.90 Å². The molecular weight excluding hydrogens is 322 g/mol. The van der Waals surface area contributed by atoms with Gasteiger partial charge in [0, 0.05) is 18.7 Å². The van der Waals surface area contributed by atoms with E-state index in [-0.39, 0.29) is 5.91 Å². The Bertz CT molecular complexity index is 733. The predicted octanol–water partition coefficient (Wildman–Crippen LogP) is 4.09. The number of hydrogen-bond acceptors (Lipinski definition) is 2. The molecule has 0 aromatic heterocycles. The maximum Gasteiger partial charge on any atom is 0.253 e. The van der Waals surface area contributed by atoms with E-state index in [4.69, 9.17) is 0 Å². The normalized spacial score (nSPS) is 17.5. The number of aliphatic hydroxyl groups is 1. The van der Waals surface area contributed by atoms with Crippen LogP contribution in [0.3, 0.4) is 0 Å². The van der Waals surface area contributed by atoms with Crippen LogP contribution in [0.2, 0.25) is 0 Å². The summed E-state index contributed by atoms with van der Waals surface area (Å²) in [4.78, 5) is 14.9. The molecule has 138 valence electrons. The third-order valence-corrected chi connectivity index (χ3v) is 5.14. The molecule has 3 heteroatoms. The fraction of sp³-hybridized carbons (Fsp3) is 0.435. The molecule has 1 aliphatic heterocycles. The lowest BCUT2D eigenvalue weighted by Crippen LogP contribution is -2.29. The van der Waals surface area contributed by atoms with Crippen LogP contribution < -0.4 is 0 Å². The van der Waals surface area contributed by atoms with E-state index in [2.05, 4.69) is 24.3 Å². The number of amides is 1. The van der Waals surface area contributed by atoms with Crippen LogP contribution >= 0.6 is 0 Å². The molecule has 2 aromatic rings. The topological polar surface area (TPSA) is 40.5 Å². The van der Waals surface area contributed by atoms with Crippen LogP contribution in [0.4, 0.5) is 0 Å². The molecule has 1 fully saturated rings. The molecule has 1 amide bonds. The Hall–Kier alpha value is -2.13. The maximum absolute atomic E-state index is 12.9. The summed E-state index contributed by atoms with van der Waals surface area (Å²) in [5.74, 6) is 0.672. The molecule has 26 heavy (non-hydrogen) atoms. The monoisotopic (exact) mass is 351 g/mol. The van der Waals surface area contributed by atoms with Gasteiger partial charge in [-0.25, -0.2) is 0 Å². The quantitative estimate of drug-likeness (QED) is 0.851. The first-order chi connectivity index (χ1) is 12.4. The summed E-state index contributed by atoms with van der Waals surface area (Å²) in [5, 5.41) is 9.91. The predicted molar refractivity (Wildman–Crippen MR) is 105 cm³/mol. The number of aryl methyl sites for hydroxylation is 1. The minimum atomic E-state index is -0.681. The van der Waals surface area contributed by atoms with Crippen molar-refractivity contribution in [3.63, 3.8) is 0 Å². The van der Waals surface area contributed by atoms with Gasteiger partial charge < -0.3 is 10.0 Å². The van der Waals surface area contributed by atoms with Crippen molar-refractivity contribution in [3.05, 3.63) is 71.3 Å². The summed E-state index contributed by atoms with van der Waals surface area (Å²) in [6.07, 6.45) is 3.57. The van der Waals surface area contributed by atoms with Crippen molar-refractivity contribution in [1.29, 1.82) is 0 Å². The molecule has 0 spiro atoms. The number of benzene rings is 2.